The molecule has 0 aliphatic carbocycles. The zero-order chi connectivity index (χ0) is 17.5. The molecule has 1 amide bonds. The molecule has 0 saturated carbocycles. The molecule has 0 aromatic heterocycles. The number of hydrogen-bond acceptors (Lipinski definition) is 5. The summed E-state index contributed by atoms with van der Waals surface area (Å²) in [7, 11) is 0. The van der Waals surface area contributed by atoms with Gasteiger partial charge in [0.05, 0.1) is 17.7 Å². The van der Waals surface area contributed by atoms with Crippen molar-refractivity contribution in [2.24, 2.45) is 5.10 Å². The number of halogens is 3. The largest absolute Gasteiger partial charge is 0.418 e. The van der Waals surface area contributed by atoms with Crippen LogP contribution >= 0.6 is 0 Å². The first kappa shape index (κ1) is 16.6. The number of carbonyl (C=O) groups is 1. The van der Waals surface area contributed by atoms with Gasteiger partial charge in [-0.25, -0.2) is 5.43 Å². The number of hydrogen-bond donors (Lipinski definition) is 3. The minimum Gasteiger partial charge on any atom is -0.388 e. The topological polar surface area (TPSA) is 77.0 Å². The Hall–Kier alpha value is -2.29. The third-order valence-electron chi connectivity index (χ3n) is 4.08. The van der Waals surface area contributed by atoms with Gasteiger partial charge in [-0.3, -0.25) is 4.79 Å². The zero-order valence-electron chi connectivity index (χ0n) is 12.9. The number of hydrazone groups is 1. The molecule has 0 unspecified atom stereocenters. The molecule has 130 valence electrons. The quantitative estimate of drug-likeness (QED) is 0.751. The Morgan fingerprint density at radius 1 is 1.38 bits per heavy atom. The Balaban J connectivity index is 1.98. The summed E-state index contributed by atoms with van der Waals surface area (Å²) in [6, 6.07) is 3.90. The van der Waals surface area contributed by atoms with E-state index in [-0.39, 0.29) is 36.1 Å². The van der Waals surface area contributed by atoms with Gasteiger partial charge in [0, 0.05) is 24.3 Å². The molecule has 1 saturated heterocycles. The van der Waals surface area contributed by atoms with Crippen LogP contribution in [0.25, 0.3) is 0 Å². The van der Waals surface area contributed by atoms with E-state index < -0.39 is 17.3 Å². The highest BCUT2D eigenvalue weighted by molar-refractivity contribution is 6.03. The van der Waals surface area contributed by atoms with Crippen molar-refractivity contribution in [2.75, 3.05) is 24.5 Å². The Labute approximate surface area is 136 Å². The second-order valence-electron chi connectivity index (χ2n) is 6.25. The molecule has 3 rings (SSSR count). The van der Waals surface area contributed by atoms with E-state index in [0.29, 0.717) is 13.0 Å². The summed E-state index contributed by atoms with van der Waals surface area (Å²) in [5, 5.41) is 16.4. The molecule has 2 aliphatic heterocycles. The molecule has 0 bridgehead atoms. The number of rotatable bonds is 2. The summed E-state index contributed by atoms with van der Waals surface area (Å²) < 4.78 is 40.5. The zero-order valence-corrected chi connectivity index (χ0v) is 12.9. The molecule has 1 aromatic carbocycles. The van der Waals surface area contributed by atoms with Crippen LogP contribution in [0.1, 0.15) is 24.5 Å². The fourth-order valence-corrected chi connectivity index (χ4v) is 2.86. The fourth-order valence-electron chi connectivity index (χ4n) is 2.86. The van der Waals surface area contributed by atoms with Crippen LogP contribution in [-0.2, 0) is 11.0 Å². The van der Waals surface area contributed by atoms with Gasteiger partial charge in [-0.05, 0) is 31.5 Å². The van der Waals surface area contributed by atoms with Gasteiger partial charge < -0.3 is 15.3 Å². The molecule has 1 atom stereocenters. The van der Waals surface area contributed by atoms with Crippen molar-refractivity contribution < 1.29 is 23.1 Å². The molecule has 6 nitrogen and oxygen atoms in total. The third kappa shape index (κ3) is 3.30. The maximum atomic E-state index is 13.5. The Kier molecular flexibility index (Phi) is 3.90. The maximum Gasteiger partial charge on any atom is 0.418 e. The van der Waals surface area contributed by atoms with Gasteiger partial charge in [-0.15, -0.1) is 0 Å². The third-order valence-corrected chi connectivity index (χ3v) is 4.08. The number of nitrogens with one attached hydrogen (secondary N) is 2. The van der Waals surface area contributed by atoms with Crippen LogP contribution in [0.2, 0.25) is 0 Å². The van der Waals surface area contributed by atoms with Crippen molar-refractivity contribution in [1.29, 1.82) is 0 Å². The molecule has 0 radical (unpaired) electrons. The van der Waals surface area contributed by atoms with Crippen molar-refractivity contribution in [1.82, 2.24) is 10.7 Å². The van der Waals surface area contributed by atoms with E-state index in [1.54, 1.807) is 6.92 Å². The Morgan fingerprint density at radius 2 is 2.12 bits per heavy atom. The molecule has 2 aliphatic rings. The van der Waals surface area contributed by atoms with Crippen LogP contribution in [-0.4, -0.2) is 42.1 Å². The monoisotopic (exact) mass is 342 g/mol. The summed E-state index contributed by atoms with van der Waals surface area (Å²) in [4.78, 5) is 12.6. The number of β-amino-alcohol motifs (C(OH)–C–C–N with tert-alkyl or cyclic N) is 1. The lowest BCUT2D eigenvalue weighted by molar-refractivity contribution is -0.137. The first-order valence-corrected chi connectivity index (χ1v) is 7.45. The molecule has 1 aromatic rings. The highest BCUT2D eigenvalue weighted by Gasteiger charge is 2.39. The fraction of sp³-hybridized carbons (Fsp3) is 0.467. The van der Waals surface area contributed by atoms with Crippen molar-refractivity contribution in [3.05, 3.63) is 29.3 Å². The summed E-state index contributed by atoms with van der Waals surface area (Å²) in [6.07, 6.45) is -4.13. The van der Waals surface area contributed by atoms with Crippen LogP contribution in [0.5, 0.6) is 0 Å². The molecule has 24 heavy (non-hydrogen) atoms. The SMILES string of the molecule is C[C@@]1(O)CCN(c2ccc(C3=NNC(=O)CN3)cc2C(F)(F)F)C1. The number of amidine groups is 1. The van der Waals surface area contributed by atoms with Gasteiger partial charge in [0.2, 0.25) is 0 Å². The first-order chi connectivity index (χ1) is 11.2. The van der Waals surface area contributed by atoms with Gasteiger partial charge in [0.25, 0.3) is 5.91 Å². The number of benzene rings is 1. The minimum atomic E-state index is -4.54. The second kappa shape index (κ2) is 5.66. The van der Waals surface area contributed by atoms with Crippen LogP contribution in [0.3, 0.4) is 0 Å². The van der Waals surface area contributed by atoms with E-state index in [1.165, 1.54) is 17.0 Å². The normalized spacial score (nSPS) is 24.5. The number of nitrogens with zero attached hydrogens (tertiary/aromatic N) is 2. The lowest BCUT2D eigenvalue weighted by Crippen LogP contribution is -2.42. The van der Waals surface area contributed by atoms with Crippen molar-refractivity contribution in [3.63, 3.8) is 0 Å². The van der Waals surface area contributed by atoms with Gasteiger partial charge in [0.15, 0.2) is 5.84 Å². The lowest BCUT2D eigenvalue weighted by atomic mass is 10.1. The van der Waals surface area contributed by atoms with Crippen molar-refractivity contribution >= 4 is 17.4 Å². The predicted molar refractivity (Wildman–Crippen MR) is 81.6 cm³/mol. The van der Waals surface area contributed by atoms with Crippen LogP contribution < -0.4 is 15.6 Å². The summed E-state index contributed by atoms with van der Waals surface area (Å²) in [5.74, 6) is -0.175. The van der Waals surface area contributed by atoms with Crippen molar-refractivity contribution in [2.45, 2.75) is 25.1 Å². The first-order valence-electron chi connectivity index (χ1n) is 7.45. The lowest BCUT2D eigenvalue weighted by Gasteiger charge is -2.25. The van der Waals surface area contributed by atoms with Crippen LogP contribution in [0.15, 0.2) is 23.3 Å². The molecular weight excluding hydrogens is 325 g/mol. The summed E-state index contributed by atoms with van der Waals surface area (Å²) >= 11 is 0. The van der Waals surface area contributed by atoms with Gasteiger partial charge in [-0.2, -0.15) is 18.3 Å². The average Bonchev–Trinajstić information content (AvgIpc) is 2.87. The molecule has 2 heterocycles. The number of aliphatic hydroxyl groups is 1. The Morgan fingerprint density at radius 3 is 2.67 bits per heavy atom. The molecule has 3 N–H and O–H groups in total. The highest BCUT2D eigenvalue weighted by Crippen LogP contribution is 2.39. The van der Waals surface area contributed by atoms with Gasteiger partial charge >= 0.3 is 6.18 Å². The Bertz CT molecular complexity index is 700. The van der Waals surface area contributed by atoms with Crippen LogP contribution in [0, 0.1) is 0 Å². The van der Waals surface area contributed by atoms with E-state index in [0.717, 1.165) is 6.07 Å². The van der Waals surface area contributed by atoms with Gasteiger partial charge in [0.1, 0.15) is 0 Å². The second-order valence-corrected chi connectivity index (χ2v) is 6.25. The number of alkyl halides is 3. The van der Waals surface area contributed by atoms with E-state index in [2.05, 4.69) is 15.8 Å². The highest BCUT2D eigenvalue weighted by atomic mass is 19.4. The summed E-state index contributed by atoms with van der Waals surface area (Å²) in [6.45, 7) is 2.06. The molecule has 9 heteroatoms. The van der Waals surface area contributed by atoms with Gasteiger partial charge in [-0.1, -0.05) is 0 Å². The molecule has 0 spiro atoms. The molecular formula is C15H17F3N4O2. The van der Waals surface area contributed by atoms with E-state index in [4.69, 9.17) is 0 Å². The van der Waals surface area contributed by atoms with E-state index in [9.17, 15) is 23.1 Å². The predicted octanol–water partition coefficient (Wildman–Crippen LogP) is 1.05. The minimum absolute atomic E-state index is 0.0319. The standard InChI is InChI=1S/C15H17F3N4O2/c1-14(24)4-5-22(8-14)11-3-2-9(6-10(11)15(16,17)18)13-19-7-12(23)20-21-13/h2-3,6,24H,4-5,7-8H2,1H3,(H,19,21)(H,20,23)/t14-/m1/s1. The van der Waals surface area contributed by atoms with Crippen LogP contribution in [0.4, 0.5) is 18.9 Å². The number of amides is 1. The van der Waals surface area contributed by atoms with E-state index in [1.807, 2.05) is 0 Å². The van der Waals surface area contributed by atoms with Crippen molar-refractivity contribution in [3.8, 4) is 0 Å². The average molecular weight is 342 g/mol. The smallest absolute Gasteiger partial charge is 0.388 e. The molecule has 1 fully saturated rings. The number of carbonyl (C=O) groups excluding carboxylic acids is 1. The maximum absolute atomic E-state index is 13.5. The van der Waals surface area contributed by atoms with E-state index >= 15 is 0 Å². The summed E-state index contributed by atoms with van der Waals surface area (Å²) in [5.41, 5.74) is 0.705. The number of anilines is 1.